The van der Waals surface area contributed by atoms with Gasteiger partial charge in [-0.15, -0.1) is 11.3 Å². The van der Waals surface area contributed by atoms with Crippen molar-refractivity contribution in [1.29, 1.82) is 5.26 Å². The number of rotatable bonds is 18. The number of ether oxygens (including phenoxy) is 2. The number of aliphatic hydroxyl groups is 1. The van der Waals surface area contributed by atoms with Crippen LogP contribution in [-0.4, -0.2) is 159 Å². The standard InChI is InChI=1S/C60H67ClF2N10O8S/c1-7-49(77)72-23-22-71(30-40(72)16-19-64)55-45-29-46(61)50(44-27-41(74)26-39-10-8-9-11-43(39)44)51(62)52(45)68-58(69-55)81-25-24-70-20-17-60(63,18-21-70)33-80-32-48(76)67-54(59(4,5)6)57(79)73-31-42(75)28-47(73)56(78)66-35(2)37-12-14-38(15-13-37)53-36(3)65-34-82-53/h7-15,26-27,29,34-35,40,42,47,54,74-75H,1,16-18,20-25,28,30-33H2,2-6H3,(H,66,78)(H,67,76)/t35-,40-,42?,47?,54+/m0/s1. The molecule has 4 amide bonds. The maximum absolute atomic E-state index is 17.2. The van der Waals surface area contributed by atoms with Gasteiger partial charge in [0.1, 0.15) is 48.1 Å². The number of amides is 4. The average Bonchev–Trinajstić information content (AvgIpc) is 4.15. The lowest BCUT2D eigenvalue weighted by atomic mass is 9.85. The van der Waals surface area contributed by atoms with Crippen LogP contribution < -0.4 is 20.3 Å². The van der Waals surface area contributed by atoms with E-state index in [0.717, 1.165) is 21.7 Å². The number of phenolic OH excluding ortho intramolecular Hbond substituents is 1. The monoisotopic (exact) mass is 1160 g/mol. The number of aryl methyl sites for hydroxylation is 1. The minimum absolute atomic E-state index is 0.0138. The smallest absolute Gasteiger partial charge is 0.319 e. The molecule has 3 aliphatic heterocycles. The van der Waals surface area contributed by atoms with Crippen LogP contribution in [0.25, 0.3) is 43.2 Å². The van der Waals surface area contributed by atoms with E-state index < -0.39 is 71.5 Å². The van der Waals surface area contributed by atoms with Crippen molar-refractivity contribution in [1.82, 2.24) is 40.3 Å². The molecule has 3 aliphatic rings. The van der Waals surface area contributed by atoms with E-state index in [9.17, 15) is 34.7 Å². The van der Waals surface area contributed by atoms with Gasteiger partial charge in [-0.25, -0.2) is 13.8 Å². The van der Waals surface area contributed by atoms with Crippen molar-refractivity contribution in [2.24, 2.45) is 5.41 Å². The molecule has 4 aromatic carbocycles. The second-order valence-corrected chi connectivity index (χ2v) is 23.7. The van der Waals surface area contributed by atoms with Crippen LogP contribution in [0.3, 0.4) is 0 Å². The molecule has 6 aromatic rings. The first-order valence-electron chi connectivity index (χ1n) is 27.3. The van der Waals surface area contributed by atoms with Gasteiger partial charge in [-0.05, 0) is 83.8 Å². The van der Waals surface area contributed by atoms with Crippen LogP contribution in [-0.2, 0) is 23.9 Å². The molecule has 5 heterocycles. The van der Waals surface area contributed by atoms with Gasteiger partial charge in [-0.2, -0.15) is 15.2 Å². The van der Waals surface area contributed by atoms with Crippen molar-refractivity contribution >= 4 is 74.1 Å². The number of piperidine rings is 1. The molecule has 5 atom stereocenters. The number of carbonyl (C=O) groups is 4. The number of benzene rings is 4. The Morgan fingerprint density at radius 1 is 1.01 bits per heavy atom. The summed E-state index contributed by atoms with van der Waals surface area (Å²) in [6.45, 7) is 13.4. The number of aliphatic hydroxyl groups excluding tert-OH is 1. The molecule has 0 spiro atoms. The number of nitrogens with zero attached hydrogens (tertiary/aromatic N) is 8. The molecule has 3 saturated heterocycles. The van der Waals surface area contributed by atoms with Gasteiger partial charge in [0.05, 0.1) is 58.4 Å². The summed E-state index contributed by atoms with van der Waals surface area (Å²) < 4.78 is 45.4. The molecule has 432 valence electrons. The van der Waals surface area contributed by atoms with Crippen LogP contribution in [0.1, 0.15) is 70.7 Å². The molecule has 0 aliphatic carbocycles. The van der Waals surface area contributed by atoms with Gasteiger partial charge in [-0.1, -0.05) is 87.5 Å². The highest BCUT2D eigenvalue weighted by Gasteiger charge is 2.45. The van der Waals surface area contributed by atoms with Crippen LogP contribution in [0.15, 0.2) is 84.9 Å². The summed E-state index contributed by atoms with van der Waals surface area (Å²) in [6.07, 6.45) is 0.447. The number of hydrogen-bond acceptors (Lipinski definition) is 15. The van der Waals surface area contributed by atoms with Gasteiger partial charge in [0.2, 0.25) is 23.6 Å². The minimum atomic E-state index is -1.76. The van der Waals surface area contributed by atoms with Crippen LogP contribution in [0, 0.1) is 29.5 Å². The second kappa shape index (κ2) is 25.0. The van der Waals surface area contributed by atoms with Crippen molar-refractivity contribution < 1.29 is 47.6 Å². The van der Waals surface area contributed by atoms with Gasteiger partial charge in [0, 0.05) is 63.2 Å². The number of alkyl halides is 1. The molecule has 2 aromatic heterocycles. The summed E-state index contributed by atoms with van der Waals surface area (Å²) >= 11 is 8.48. The Bertz CT molecular complexity index is 3420. The van der Waals surface area contributed by atoms with Crippen LogP contribution >= 0.6 is 22.9 Å². The zero-order valence-electron chi connectivity index (χ0n) is 46.5. The molecule has 82 heavy (non-hydrogen) atoms. The predicted octanol–water partition coefficient (Wildman–Crippen LogP) is 8.07. The number of nitrogens with one attached hydrogen (secondary N) is 2. The van der Waals surface area contributed by atoms with E-state index in [2.05, 4.69) is 33.2 Å². The number of thiazole rings is 1. The number of anilines is 1. The molecule has 0 saturated carbocycles. The second-order valence-electron chi connectivity index (χ2n) is 22.4. The van der Waals surface area contributed by atoms with Crippen LogP contribution in [0.2, 0.25) is 5.02 Å². The maximum Gasteiger partial charge on any atom is 0.319 e. The number of halogens is 3. The average molecular weight is 1160 g/mol. The Morgan fingerprint density at radius 3 is 2.45 bits per heavy atom. The highest BCUT2D eigenvalue weighted by Crippen LogP contribution is 2.43. The number of fused-ring (bicyclic) bond motifs is 2. The van der Waals surface area contributed by atoms with Gasteiger partial charge in [-0.3, -0.25) is 24.1 Å². The summed E-state index contributed by atoms with van der Waals surface area (Å²) in [6, 6.07) is 18.6. The van der Waals surface area contributed by atoms with E-state index in [4.69, 9.17) is 26.1 Å². The number of aromatic nitrogens is 3. The molecule has 3 fully saturated rings. The fourth-order valence-electron chi connectivity index (χ4n) is 11.1. The third-order valence-corrected chi connectivity index (χ3v) is 16.8. The van der Waals surface area contributed by atoms with E-state index in [1.807, 2.05) is 47.9 Å². The molecule has 2 unspecified atom stereocenters. The predicted molar refractivity (Wildman–Crippen MR) is 309 cm³/mol. The van der Waals surface area contributed by atoms with Gasteiger partial charge >= 0.3 is 6.01 Å². The minimum Gasteiger partial charge on any atom is -0.508 e. The number of phenols is 1. The molecule has 0 radical (unpaired) electrons. The van der Waals surface area contributed by atoms with E-state index in [0.29, 0.717) is 36.0 Å². The number of aromatic hydroxyl groups is 1. The molecular weight excluding hydrogens is 1090 g/mol. The summed E-state index contributed by atoms with van der Waals surface area (Å²) in [4.78, 5) is 75.7. The van der Waals surface area contributed by atoms with E-state index >= 15 is 8.78 Å². The van der Waals surface area contributed by atoms with Crippen molar-refractivity contribution in [3.05, 3.63) is 107 Å². The highest BCUT2D eigenvalue weighted by atomic mass is 35.5. The lowest BCUT2D eigenvalue weighted by molar-refractivity contribution is -0.145. The highest BCUT2D eigenvalue weighted by molar-refractivity contribution is 7.13. The lowest BCUT2D eigenvalue weighted by Crippen LogP contribution is -2.58. The van der Waals surface area contributed by atoms with Gasteiger partial charge in [0.15, 0.2) is 5.82 Å². The molecule has 0 bridgehead atoms. The summed E-state index contributed by atoms with van der Waals surface area (Å²) in [5.41, 5.74) is 2.27. The molecular formula is C60H67ClF2N10O8S. The number of hydrogen-bond donors (Lipinski definition) is 4. The Hall–Kier alpha value is -7.35. The van der Waals surface area contributed by atoms with Crippen molar-refractivity contribution in [3.8, 4) is 39.4 Å². The topological polar surface area (TPSA) is 227 Å². The third-order valence-electron chi connectivity index (χ3n) is 15.6. The number of carbonyl (C=O) groups excluding carboxylic acids is 4. The number of likely N-dealkylation sites (tertiary alicyclic amines) is 2. The number of nitriles is 1. The van der Waals surface area contributed by atoms with E-state index in [1.54, 1.807) is 78.9 Å². The molecule has 9 rings (SSSR count). The number of β-amino-alcohol motifs (C(OH)–C–C–N with tert-alkyl or cyclic N) is 1. The van der Waals surface area contributed by atoms with Crippen LogP contribution in [0.4, 0.5) is 14.6 Å². The van der Waals surface area contributed by atoms with E-state index in [1.165, 1.54) is 17.0 Å². The first-order chi connectivity index (χ1) is 39.1. The van der Waals surface area contributed by atoms with Gasteiger partial charge in [0.25, 0.3) is 0 Å². The Labute approximate surface area is 483 Å². The molecule has 22 heteroatoms. The number of piperazine rings is 1. The van der Waals surface area contributed by atoms with Crippen molar-refractivity contribution in [2.75, 3.05) is 70.5 Å². The molecule has 18 nitrogen and oxygen atoms in total. The van der Waals surface area contributed by atoms with E-state index in [-0.39, 0.29) is 110 Å². The lowest BCUT2D eigenvalue weighted by Gasteiger charge is -2.41. The normalized spacial score (nSPS) is 19.2. The summed E-state index contributed by atoms with van der Waals surface area (Å²) in [5, 5.41) is 38.5. The van der Waals surface area contributed by atoms with Crippen LogP contribution in [0.5, 0.6) is 11.8 Å². The first kappa shape index (κ1) is 59.3. The fourth-order valence-corrected chi connectivity index (χ4v) is 12.2. The fraction of sp³-hybridized carbons (Fsp3) is 0.433. The largest absolute Gasteiger partial charge is 0.508 e. The zero-order chi connectivity index (χ0) is 58.6. The third kappa shape index (κ3) is 13.1. The quantitative estimate of drug-likeness (QED) is 0.0598. The summed E-state index contributed by atoms with van der Waals surface area (Å²) in [7, 11) is 0. The Kier molecular flexibility index (Phi) is 18.1. The maximum atomic E-state index is 17.2. The first-order valence-corrected chi connectivity index (χ1v) is 28.6. The van der Waals surface area contributed by atoms with Crippen molar-refractivity contribution in [2.45, 2.75) is 96.2 Å². The zero-order valence-corrected chi connectivity index (χ0v) is 48.0. The molecule has 4 N–H and O–H groups in total. The Balaban J connectivity index is 0.807. The van der Waals surface area contributed by atoms with Crippen molar-refractivity contribution in [3.63, 3.8) is 0 Å². The SMILES string of the molecule is C=CC(=O)N1CCN(c2nc(OCCN3CCC(F)(COCC(=O)N[C@H](C(=O)N4CC(O)CC4C(=O)N[C@@H](C)c4ccc(-c5scnc5C)cc4)C(C)(C)C)CC3)nc3c(F)c(-c4cc(O)cc5ccccc45)c(Cl)cc23)C[C@@H]1CC#N. The van der Waals surface area contributed by atoms with Gasteiger partial charge < -0.3 is 45.0 Å². The Morgan fingerprint density at radius 2 is 1.76 bits per heavy atom. The summed E-state index contributed by atoms with van der Waals surface area (Å²) in [5.74, 6) is -2.51.